The Morgan fingerprint density at radius 1 is 1.17 bits per heavy atom. The number of piperazine rings is 1. The van der Waals surface area contributed by atoms with Gasteiger partial charge in [0.1, 0.15) is 0 Å². The van der Waals surface area contributed by atoms with Gasteiger partial charge in [-0.2, -0.15) is 0 Å². The summed E-state index contributed by atoms with van der Waals surface area (Å²) in [5.74, 6) is 2.06. The summed E-state index contributed by atoms with van der Waals surface area (Å²) in [6, 6.07) is 0.751. The van der Waals surface area contributed by atoms with Crippen LogP contribution >= 0.6 is 0 Å². The second-order valence-electron chi connectivity index (χ2n) is 7.18. The fourth-order valence-electron chi connectivity index (χ4n) is 3.74. The van der Waals surface area contributed by atoms with Gasteiger partial charge in [0.15, 0.2) is 0 Å². The van der Waals surface area contributed by atoms with E-state index >= 15 is 0 Å². The van der Waals surface area contributed by atoms with Crippen molar-refractivity contribution in [3.8, 4) is 0 Å². The van der Waals surface area contributed by atoms with E-state index in [4.69, 9.17) is 0 Å². The zero-order valence-corrected chi connectivity index (χ0v) is 12.3. The van der Waals surface area contributed by atoms with Crippen molar-refractivity contribution in [1.82, 2.24) is 10.2 Å². The van der Waals surface area contributed by atoms with E-state index in [-0.39, 0.29) is 0 Å². The molecule has 1 N–H and O–H groups in total. The minimum atomic E-state index is 0.471. The highest BCUT2D eigenvalue weighted by Gasteiger charge is 2.48. The normalized spacial score (nSPS) is 38.0. The molecular weight excluding hydrogens is 220 g/mol. The van der Waals surface area contributed by atoms with Crippen LogP contribution in [0, 0.1) is 11.8 Å². The molecule has 0 aromatic heterocycles. The summed E-state index contributed by atoms with van der Waals surface area (Å²) in [6.07, 6.45) is 10.1. The molecule has 2 saturated carbocycles. The van der Waals surface area contributed by atoms with E-state index in [9.17, 15) is 0 Å². The molecule has 3 aliphatic rings. The van der Waals surface area contributed by atoms with Gasteiger partial charge < -0.3 is 5.32 Å². The average molecular weight is 250 g/mol. The number of hydrogen-bond acceptors (Lipinski definition) is 2. The number of rotatable bonds is 6. The first-order chi connectivity index (χ1) is 8.72. The largest absolute Gasteiger partial charge is 0.311 e. The zero-order valence-electron chi connectivity index (χ0n) is 12.3. The lowest BCUT2D eigenvalue weighted by atomic mass is 9.88. The van der Waals surface area contributed by atoms with Crippen LogP contribution in [0.15, 0.2) is 0 Å². The van der Waals surface area contributed by atoms with E-state index < -0.39 is 0 Å². The SMILES string of the molecule is CCCC1CN(CCC2CC2)C(C)(C2CC2)CN1. The Balaban J connectivity index is 1.60. The van der Waals surface area contributed by atoms with Gasteiger partial charge in [-0.05, 0) is 51.0 Å². The predicted molar refractivity (Wildman–Crippen MR) is 76.7 cm³/mol. The Labute approximate surface area is 113 Å². The molecule has 0 aromatic rings. The summed E-state index contributed by atoms with van der Waals surface area (Å²) in [7, 11) is 0. The molecule has 1 saturated heterocycles. The van der Waals surface area contributed by atoms with E-state index in [1.54, 1.807) is 0 Å². The zero-order chi connectivity index (χ0) is 12.6. The maximum atomic E-state index is 3.82. The van der Waals surface area contributed by atoms with Gasteiger partial charge in [-0.15, -0.1) is 0 Å². The van der Waals surface area contributed by atoms with E-state index in [1.807, 2.05) is 0 Å². The Morgan fingerprint density at radius 2 is 1.94 bits per heavy atom. The van der Waals surface area contributed by atoms with Crippen molar-refractivity contribution >= 4 is 0 Å². The third-order valence-electron chi connectivity index (χ3n) is 5.51. The molecule has 3 rings (SSSR count). The van der Waals surface area contributed by atoms with Crippen LogP contribution in [-0.2, 0) is 0 Å². The summed E-state index contributed by atoms with van der Waals surface area (Å²) < 4.78 is 0. The van der Waals surface area contributed by atoms with Crippen LogP contribution in [-0.4, -0.2) is 36.1 Å². The van der Waals surface area contributed by atoms with Gasteiger partial charge in [-0.3, -0.25) is 4.90 Å². The summed E-state index contributed by atoms with van der Waals surface area (Å²) in [4.78, 5) is 2.86. The Morgan fingerprint density at radius 3 is 2.56 bits per heavy atom. The second-order valence-corrected chi connectivity index (χ2v) is 7.18. The number of hydrogen-bond donors (Lipinski definition) is 1. The van der Waals surface area contributed by atoms with Crippen molar-refractivity contribution in [2.24, 2.45) is 11.8 Å². The molecule has 2 atom stereocenters. The first kappa shape index (κ1) is 12.9. The minimum Gasteiger partial charge on any atom is -0.311 e. The van der Waals surface area contributed by atoms with Crippen LogP contribution < -0.4 is 5.32 Å². The lowest BCUT2D eigenvalue weighted by molar-refractivity contribution is 0.0310. The van der Waals surface area contributed by atoms with E-state index in [0.29, 0.717) is 5.54 Å². The molecule has 1 aliphatic heterocycles. The Bertz CT molecular complexity index is 283. The van der Waals surface area contributed by atoms with Crippen LogP contribution in [0.25, 0.3) is 0 Å². The third-order valence-corrected chi connectivity index (χ3v) is 5.51. The standard InChI is InChI=1S/C16H30N2/c1-3-4-15-11-18(10-9-13-5-6-13)16(2,12-17-15)14-7-8-14/h13-15,17H,3-12H2,1-2H3. The van der Waals surface area contributed by atoms with Crippen molar-refractivity contribution in [1.29, 1.82) is 0 Å². The average Bonchev–Trinajstić information content (AvgIpc) is 3.22. The summed E-state index contributed by atoms with van der Waals surface area (Å²) in [5, 5.41) is 3.82. The molecule has 104 valence electrons. The van der Waals surface area contributed by atoms with Gasteiger partial charge in [0.2, 0.25) is 0 Å². The lowest BCUT2D eigenvalue weighted by Gasteiger charge is -2.49. The van der Waals surface area contributed by atoms with Crippen molar-refractivity contribution in [3.63, 3.8) is 0 Å². The maximum Gasteiger partial charge on any atom is 0.0334 e. The van der Waals surface area contributed by atoms with Crippen LogP contribution in [0.2, 0.25) is 0 Å². The van der Waals surface area contributed by atoms with E-state index in [2.05, 4.69) is 24.1 Å². The monoisotopic (exact) mass is 250 g/mol. The molecule has 0 spiro atoms. The van der Waals surface area contributed by atoms with Crippen LogP contribution in [0.4, 0.5) is 0 Å². The quantitative estimate of drug-likeness (QED) is 0.779. The third kappa shape index (κ3) is 2.75. The number of nitrogens with zero attached hydrogens (tertiary/aromatic N) is 1. The lowest BCUT2D eigenvalue weighted by Crippen LogP contribution is -2.64. The van der Waals surface area contributed by atoms with Crippen molar-refractivity contribution in [2.75, 3.05) is 19.6 Å². The van der Waals surface area contributed by atoms with Gasteiger partial charge in [-0.1, -0.05) is 26.2 Å². The topological polar surface area (TPSA) is 15.3 Å². The molecular formula is C16H30N2. The van der Waals surface area contributed by atoms with Gasteiger partial charge in [-0.25, -0.2) is 0 Å². The van der Waals surface area contributed by atoms with Crippen LogP contribution in [0.5, 0.6) is 0 Å². The highest BCUT2D eigenvalue weighted by atomic mass is 15.3. The first-order valence-corrected chi connectivity index (χ1v) is 8.21. The fourth-order valence-corrected chi connectivity index (χ4v) is 3.74. The highest BCUT2D eigenvalue weighted by Crippen LogP contribution is 2.44. The smallest absolute Gasteiger partial charge is 0.0334 e. The Kier molecular flexibility index (Phi) is 3.68. The van der Waals surface area contributed by atoms with Gasteiger partial charge >= 0.3 is 0 Å². The van der Waals surface area contributed by atoms with E-state index in [1.165, 1.54) is 64.6 Å². The number of nitrogens with one attached hydrogen (secondary N) is 1. The van der Waals surface area contributed by atoms with Crippen LogP contribution in [0.1, 0.15) is 58.8 Å². The van der Waals surface area contributed by atoms with Crippen molar-refractivity contribution < 1.29 is 0 Å². The summed E-state index contributed by atoms with van der Waals surface area (Å²) in [5.41, 5.74) is 0.471. The summed E-state index contributed by atoms with van der Waals surface area (Å²) in [6.45, 7) is 8.72. The summed E-state index contributed by atoms with van der Waals surface area (Å²) >= 11 is 0. The van der Waals surface area contributed by atoms with Gasteiger partial charge in [0.25, 0.3) is 0 Å². The maximum absolute atomic E-state index is 3.82. The van der Waals surface area contributed by atoms with Crippen molar-refractivity contribution in [3.05, 3.63) is 0 Å². The molecule has 18 heavy (non-hydrogen) atoms. The molecule has 0 radical (unpaired) electrons. The van der Waals surface area contributed by atoms with Crippen molar-refractivity contribution in [2.45, 2.75) is 70.4 Å². The molecule has 2 aliphatic carbocycles. The fraction of sp³-hybridized carbons (Fsp3) is 1.00. The first-order valence-electron chi connectivity index (χ1n) is 8.21. The molecule has 2 nitrogen and oxygen atoms in total. The molecule has 2 unspecified atom stereocenters. The predicted octanol–water partition coefficient (Wildman–Crippen LogP) is 3.03. The molecule has 0 amide bonds. The van der Waals surface area contributed by atoms with Gasteiger partial charge in [0, 0.05) is 24.7 Å². The Hall–Kier alpha value is -0.0800. The molecule has 2 heteroatoms. The minimum absolute atomic E-state index is 0.471. The highest BCUT2D eigenvalue weighted by molar-refractivity contribution is 5.05. The van der Waals surface area contributed by atoms with Gasteiger partial charge in [0.05, 0.1) is 0 Å². The molecule has 0 bridgehead atoms. The van der Waals surface area contributed by atoms with E-state index in [0.717, 1.165) is 17.9 Å². The van der Waals surface area contributed by atoms with Crippen LogP contribution in [0.3, 0.4) is 0 Å². The molecule has 1 heterocycles. The molecule has 0 aromatic carbocycles. The molecule has 3 fully saturated rings. The second kappa shape index (κ2) is 5.13.